The van der Waals surface area contributed by atoms with Crippen molar-refractivity contribution in [1.29, 1.82) is 0 Å². The average molecular weight is 332 g/mol. The van der Waals surface area contributed by atoms with Gasteiger partial charge in [-0.15, -0.1) is 0 Å². The molecule has 1 aliphatic heterocycles. The van der Waals surface area contributed by atoms with E-state index in [4.69, 9.17) is 4.74 Å². The van der Waals surface area contributed by atoms with E-state index >= 15 is 0 Å². The Labute approximate surface area is 141 Å². The van der Waals surface area contributed by atoms with E-state index in [1.54, 1.807) is 6.92 Å². The van der Waals surface area contributed by atoms with Gasteiger partial charge < -0.3 is 14.9 Å². The van der Waals surface area contributed by atoms with Gasteiger partial charge in [0.1, 0.15) is 5.60 Å². The largest absolute Gasteiger partial charge is 0.481 e. The van der Waals surface area contributed by atoms with Crippen LogP contribution in [0.5, 0.6) is 0 Å². The molecule has 5 aliphatic rings. The van der Waals surface area contributed by atoms with E-state index in [9.17, 15) is 19.8 Å². The molecule has 0 aromatic rings. The molecule has 0 aromatic carbocycles. The molecule has 0 aromatic heterocycles. The number of esters is 1. The summed E-state index contributed by atoms with van der Waals surface area (Å²) in [6.45, 7) is 5.95. The predicted molar refractivity (Wildman–Crippen MR) is 83.8 cm³/mol. The number of hydrogen-bond acceptors (Lipinski definition) is 4. The molecular formula is C19H24O5. The number of carbonyl (C=O) groups is 2. The maximum atomic E-state index is 12.7. The zero-order valence-corrected chi connectivity index (χ0v) is 14.0. The quantitative estimate of drug-likeness (QED) is 0.568. The smallest absolute Gasteiger partial charge is 0.315 e. The van der Waals surface area contributed by atoms with Crippen molar-refractivity contribution in [3.05, 3.63) is 12.2 Å². The lowest BCUT2D eigenvalue weighted by Gasteiger charge is -2.44. The molecule has 1 saturated heterocycles. The number of ether oxygens (including phenoxy) is 1. The van der Waals surface area contributed by atoms with Gasteiger partial charge in [0.05, 0.1) is 17.4 Å². The number of carboxylic acid groups (broad SMARTS) is 1. The Morgan fingerprint density at radius 1 is 1.33 bits per heavy atom. The molecule has 5 fully saturated rings. The van der Waals surface area contributed by atoms with Crippen LogP contribution < -0.4 is 0 Å². The minimum atomic E-state index is -1.09. The van der Waals surface area contributed by atoms with E-state index in [1.807, 2.05) is 0 Å². The van der Waals surface area contributed by atoms with Crippen LogP contribution in [0.4, 0.5) is 0 Å². The van der Waals surface area contributed by atoms with Gasteiger partial charge in [0.2, 0.25) is 0 Å². The summed E-state index contributed by atoms with van der Waals surface area (Å²) in [4.78, 5) is 25.1. The molecule has 4 saturated carbocycles. The minimum absolute atomic E-state index is 0.0878. The van der Waals surface area contributed by atoms with Crippen LogP contribution in [0.2, 0.25) is 0 Å². The Hall–Kier alpha value is -1.36. The third kappa shape index (κ3) is 1.29. The van der Waals surface area contributed by atoms with Gasteiger partial charge in [-0.2, -0.15) is 0 Å². The molecule has 4 aliphatic carbocycles. The van der Waals surface area contributed by atoms with E-state index < -0.39 is 40.9 Å². The molecule has 1 spiro atoms. The van der Waals surface area contributed by atoms with Crippen molar-refractivity contribution in [3.63, 3.8) is 0 Å². The van der Waals surface area contributed by atoms with Gasteiger partial charge >= 0.3 is 11.9 Å². The molecule has 0 unspecified atom stereocenters. The van der Waals surface area contributed by atoms with Crippen LogP contribution in [0.25, 0.3) is 0 Å². The summed E-state index contributed by atoms with van der Waals surface area (Å²) < 4.78 is 6.01. The van der Waals surface area contributed by atoms with E-state index in [-0.39, 0.29) is 11.3 Å². The first-order valence-electron chi connectivity index (χ1n) is 9.09. The second kappa shape index (κ2) is 4.06. The van der Waals surface area contributed by atoms with Crippen molar-refractivity contribution < 1.29 is 24.5 Å². The van der Waals surface area contributed by atoms with Gasteiger partial charge in [-0.05, 0) is 56.8 Å². The molecule has 4 bridgehead atoms. The Balaban J connectivity index is 1.76. The molecule has 5 nitrogen and oxygen atoms in total. The third-order valence-corrected chi connectivity index (χ3v) is 8.46. The fourth-order valence-corrected chi connectivity index (χ4v) is 7.66. The topological polar surface area (TPSA) is 83.8 Å². The SMILES string of the molecule is C=C1C[C@]23C[C@H]1CC[C@H]2[C@@]12CC[C@H](O)[C@@](C)(C(=O)O1)[C@H]2[C@@H]3C(=O)O. The number of aliphatic carboxylic acids is 1. The zero-order chi connectivity index (χ0) is 17.1. The van der Waals surface area contributed by atoms with E-state index in [1.165, 1.54) is 5.57 Å². The fourth-order valence-electron chi connectivity index (χ4n) is 7.66. The summed E-state index contributed by atoms with van der Waals surface area (Å²) in [5.74, 6) is -1.78. The lowest BCUT2D eigenvalue weighted by molar-refractivity contribution is -0.162. The van der Waals surface area contributed by atoms with Gasteiger partial charge in [-0.3, -0.25) is 9.59 Å². The first kappa shape index (κ1) is 14.9. The highest BCUT2D eigenvalue weighted by atomic mass is 16.6. The summed E-state index contributed by atoms with van der Waals surface area (Å²) in [7, 11) is 0. The maximum Gasteiger partial charge on any atom is 0.315 e. The number of hydrogen-bond donors (Lipinski definition) is 2. The second-order valence-electron chi connectivity index (χ2n) is 9.07. The molecule has 2 N–H and O–H groups in total. The highest BCUT2D eigenvalue weighted by molar-refractivity contribution is 5.85. The molecular weight excluding hydrogens is 308 g/mol. The molecule has 24 heavy (non-hydrogen) atoms. The number of carbonyl (C=O) groups excluding carboxylic acids is 1. The van der Waals surface area contributed by atoms with Crippen molar-refractivity contribution >= 4 is 11.9 Å². The molecule has 130 valence electrons. The lowest BCUT2D eigenvalue weighted by atomic mass is 9.59. The summed E-state index contributed by atoms with van der Waals surface area (Å²) in [5, 5.41) is 20.8. The zero-order valence-electron chi connectivity index (χ0n) is 14.0. The van der Waals surface area contributed by atoms with Crippen LogP contribution in [0.15, 0.2) is 12.2 Å². The van der Waals surface area contributed by atoms with Crippen LogP contribution in [0, 0.1) is 34.5 Å². The van der Waals surface area contributed by atoms with Crippen molar-refractivity contribution in [3.8, 4) is 0 Å². The van der Waals surface area contributed by atoms with E-state index in [2.05, 4.69) is 6.58 Å². The van der Waals surface area contributed by atoms with Gasteiger partial charge in [-0.25, -0.2) is 0 Å². The van der Waals surface area contributed by atoms with E-state index in [0.717, 1.165) is 25.7 Å². The normalized spacial score (nSPS) is 57.5. The van der Waals surface area contributed by atoms with E-state index in [0.29, 0.717) is 18.8 Å². The number of fused-ring (bicyclic) bond motifs is 1. The van der Waals surface area contributed by atoms with Crippen molar-refractivity contribution in [2.45, 2.75) is 57.2 Å². The fraction of sp³-hybridized carbons (Fsp3) is 0.789. The van der Waals surface area contributed by atoms with Crippen LogP contribution >= 0.6 is 0 Å². The van der Waals surface area contributed by atoms with Gasteiger partial charge in [0.15, 0.2) is 0 Å². The highest BCUT2D eigenvalue weighted by Crippen LogP contribution is 2.77. The Morgan fingerprint density at radius 3 is 2.79 bits per heavy atom. The Kier molecular flexibility index (Phi) is 2.53. The van der Waals surface area contributed by atoms with Crippen LogP contribution in [0.3, 0.4) is 0 Å². The molecule has 5 rings (SSSR count). The summed E-state index contributed by atoms with van der Waals surface area (Å²) >= 11 is 0. The first-order chi connectivity index (χ1) is 11.3. The molecule has 0 radical (unpaired) electrons. The van der Waals surface area contributed by atoms with Gasteiger partial charge in [0.25, 0.3) is 0 Å². The van der Waals surface area contributed by atoms with Crippen LogP contribution in [-0.2, 0) is 14.3 Å². The predicted octanol–water partition coefficient (Wildman–Crippen LogP) is 2.14. The number of aliphatic hydroxyl groups is 1. The number of aliphatic hydroxyl groups excluding tert-OH is 1. The minimum Gasteiger partial charge on any atom is -0.481 e. The van der Waals surface area contributed by atoms with Crippen molar-refractivity contribution in [2.24, 2.45) is 34.5 Å². The average Bonchev–Trinajstić information content (AvgIpc) is 2.98. The lowest BCUT2D eigenvalue weighted by Crippen LogP contribution is -2.53. The summed E-state index contributed by atoms with van der Waals surface area (Å²) in [5.41, 5.74) is -0.953. The molecule has 5 heteroatoms. The molecule has 0 amide bonds. The van der Waals surface area contributed by atoms with Crippen molar-refractivity contribution in [1.82, 2.24) is 0 Å². The summed E-state index contributed by atoms with van der Waals surface area (Å²) in [6, 6.07) is 0. The number of rotatable bonds is 1. The Morgan fingerprint density at radius 2 is 2.08 bits per heavy atom. The van der Waals surface area contributed by atoms with Crippen LogP contribution in [-0.4, -0.2) is 33.9 Å². The highest BCUT2D eigenvalue weighted by Gasteiger charge is 2.83. The number of allylic oxidation sites excluding steroid dienone is 1. The second-order valence-corrected chi connectivity index (χ2v) is 9.07. The third-order valence-electron chi connectivity index (χ3n) is 8.46. The monoisotopic (exact) mass is 332 g/mol. The van der Waals surface area contributed by atoms with Gasteiger partial charge in [-0.1, -0.05) is 12.2 Å². The standard InChI is InChI=1S/C19H24O5/c1-9-7-18-8-10(9)3-4-11(18)19-6-5-12(20)17(2,16(23)24-19)14(19)13(18)15(21)22/h10-14,20H,1,3-8H2,2H3,(H,21,22)/t10-,11-,12+,13-,14-,17-,18+,19-/m1/s1. The number of carboxylic acids is 1. The molecule has 1 heterocycles. The van der Waals surface area contributed by atoms with Crippen LogP contribution in [0.1, 0.15) is 45.4 Å². The first-order valence-corrected chi connectivity index (χ1v) is 9.09. The van der Waals surface area contributed by atoms with Gasteiger partial charge in [0, 0.05) is 11.8 Å². The maximum absolute atomic E-state index is 12.7. The van der Waals surface area contributed by atoms with Crippen molar-refractivity contribution in [2.75, 3.05) is 0 Å². The summed E-state index contributed by atoms with van der Waals surface area (Å²) in [6.07, 6.45) is 3.81. The molecule has 8 atom stereocenters. The Bertz CT molecular complexity index is 685.